The molecule has 7 heteroatoms. The number of nitrogens with one attached hydrogen (secondary N) is 1. The van der Waals surface area contributed by atoms with E-state index in [1.807, 2.05) is 41.8 Å². The number of aromatic nitrogens is 1. The van der Waals surface area contributed by atoms with Crippen LogP contribution in [0, 0.1) is 0 Å². The molecular weight excluding hydrogens is 340 g/mol. The molecule has 0 radical (unpaired) electrons. The molecule has 2 heterocycles. The summed E-state index contributed by atoms with van der Waals surface area (Å²) < 4.78 is 15.7. The Morgan fingerprint density at radius 3 is 2.96 bits per heavy atom. The lowest BCUT2D eigenvalue weighted by Gasteiger charge is -2.08. The quantitative estimate of drug-likeness (QED) is 0.625. The minimum absolute atomic E-state index is 0.260. The maximum Gasteiger partial charge on any atom is 0.273 e. The van der Waals surface area contributed by atoms with Crippen LogP contribution < -0.4 is 10.1 Å². The summed E-state index contributed by atoms with van der Waals surface area (Å²) in [6.07, 6.45) is 0. The topological polar surface area (TPSA) is 73.6 Å². The fourth-order valence-corrected chi connectivity index (χ4v) is 2.85. The highest BCUT2D eigenvalue weighted by Gasteiger charge is 2.14. The molecule has 2 aromatic heterocycles. The number of carbonyl (C=O) groups is 1. The van der Waals surface area contributed by atoms with E-state index in [4.69, 9.17) is 14.0 Å². The third-order valence-electron chi connectivity index (χ3n) is 3.41. The predicted octanol–water partition coefficient (Wildman–Crippen LogP) is 3.36. The minimum Gasteiger partial charge on any atom is -0.491 e. The Bertz CT molecular complexity index is 814. The zero-order valence-electron chi connectivity index (χ0n) is 13.7. The van der Waals surface area contributed by atoms with Crippen LogP contribution in [0.25, 0.3) is 10.6 Å². The molecule has 130 valence electrons. The van der Waals surface area contributed by atoms with E-state index in [1.165, 1.54) is 11.3 Å². The van der Waals surface area contributed by atoms with E-state index in [0.717, 1.165) is 16.2 Å². The van der Waals surface area contributed by atoms with E-state index in [0.29, 0.717) is 25.5 Å². The molecule has 0 atom stereocenters. The van der Waals surface area contributed by atoms with E-state index in [-0.39, 0.29) is 11.6 Å². The standard InChI is InChI=1S/C18H18N2O4S/c1-22-7-8-23-14-5-2-4-13(10-14)12-19-18(21)15-11-16(24-20-15)17-6-3-9-25-17/h2-6,9-11H,7-8,12H2,1H3,(H,19,21). The van der Waals surface area contributed by atoms with Crippen LogP contribution in [0.2, 0.25) is 0 Å². The number of hydrogen-bond acceptors (Lipinski definition) is 6. The fraction of sp³-hybridized carbons (Fsp3) is 0.222. The summed E-state index contributed by atoms with van der Waals surface area (Å²) in [6, 6.07) is 13.0. The second kappa shape index (κ2) is 8.46. The lowest BCUT2D eigenvalue weighted by molar-refractivity contribution is 0.0942. The second-order valence-corrected chi connectivity index (χ2v) is 6.17. The Kier molecular flexibility index (Phi) is 5.81. The SMILES string of the molecule is COCCOc1cccc(CNC(=O)c2cc(-c3cccs3)on2)c1. The van der Waals surface area contributed by atoms with Gasteiger partial charge in [0.2, 0.25) is 0 Å². The minimum atomic E-state index is -0.280. The van der Waals surface area contributed by atoms with Crippen molar-refractivity contribution in [1.82, 2.24) is 10.5 Å². The van der Waals surface area contributed by atoms with Crippen LogP contribution in [0.4, 0.5) is 0 Å². The molecule has 0 spiro atoms. The Morgan fingerprint density at radius 2 is 2.16 bits per heavy atom. The van der Waals surface area contributed by atoms with Gasteiger partial charge in [0.25, 0.3) is 5.91 Å². The molecule has 0 aliphatic carbocycles. The molecule has 0 unspecified atom stereocenters. The number of amides is 1. The molecule has 0 bridgehead atoms. The van der Waals surface area contributed by atoms with Gasteiger partial charge in [-0.25, -0.2) is 0 Å². The zero-order chi connectivity index (χ0) is 17.5. The molecule has 1 N–H and O–H groups in total. The summed E-state index contributed by atoms with van der Waals surface area (Å²) in [4.78, 5) is 13.2. The fourth-order valence-electron chi connectivity index (χ4n) is 2.18. The van der Waals surface area contributed by atoms with Crippen molar-refractivity contribution < 1.29 is 18.8 Å². The highest BCUT2D eigenvalue weighted by molar-refractivity contribution is 7.13. The molecule has 0 aliphatic heterocycles. The first kappa shape index (κ1) is 17.2. The number of rotatable bonds is 8. The van der Waals surface area contributed by atoms with Crippen LogP contribution in [0.1, 0.15) is 16.1 Å². The number of carbonyl (C=O) groups excluding carboxylic acids is 1. The van der Waals surface area contributed by atoms with Crippen LogP contribution in [-0.2, 0) is 11.3 Å². The molecule has 6 nitrogen and oxygen atoms in total. The van der Waals surface area contributed by atoms with Crippen molar-refractivity contribution in [3.63, 3.8) is 0 Å². The van der Waals surface area contributed by atoms with Crippen molar-refractivity contribution >= 4 is 17.2 Å². The van der Waals surface area contributed by atoms with E-state index < -0.39 is 0 Å². The first-order valence-electron chi connectivity index (χ1n) is 7.76. The Hall–Kier alpha value is -2.64. The van der Waals surface area contributed by atoms with Crippen LogP contribution in [0.5, 0.6) is 5.75 Å². The van der Waals surface area contributed by atoms with Crippen molar-refractivity contribution in [2.75, 3.05) is 20.3 Å². The van der Waals surface area contributed by atoms with Gasteiger partial charge in [-0.15, -0.1) is 11.3 Å². The van der Waals surface area contributed by atoms with Crippen LogP contribution >= 0.6 is 11.3 Å². The van der Waals surface area contributed by atoms with E-state index in [9.17, 15) is 4.79 Å². The van der Waals surface area contributed by atoms with Gasteiger partial charge in [0, 0.05) is 19.7 Å². The molecule has 25 heavy (non-hydrogen) atoms. The number of benzene rings is 1. The third-order valence-corrected chi connectivity index (χ3v) is 4.30. The van der Waals surface area contributed by atoms with Crippen molar-refractivity contribution in [3.8, 4) is 16.4 Å². The van der Waals surface area contributed by atoms with Crippen LogP contribution in [0.15, 0.2) is 52.4 Å². The molecule has 1 amide bonds. The Morgan fingerprint density at radius 1 is 1.24 bits per heavy atom. The molecule has 0 saturated carbocycles. The summed E-state index contributed by atoms with van der Waals surface area (Å²) in [5, 5.41) is 8.61. The van der Waals surface area contributed by atoms with Crippen molar-refractivity contribution in [2.24, 2.45) is 0 Å². The maximum atomic E-state index is 12.2. The van der Waals surface area contributed by atoms with Crippen molar-refractivity contribution in [2.45, 2.75) is 6.54 Å². The van der Waals surface area contributed by atoms with Gasteiger partial charge in [-0.05, 0) is 29.1 Å². The van der Waals surface area contributed by atoms with E-state index in [1.54, 1.807) is 13.2 Å². The highest BCUT2D eigenvalue weighted by Crippen LogP contribution is 2.25. The predicted molar refractivity (Wildman–Crippen MR) is 94.8 cm³/mol. The molecular formula is C18H18N2O4S. The monoisotopic (exact) mass is 358 g/mol. The summed E-state index contributed by atoms with van der Waals surface area (Å²) in [5.74, 6) is 1.05. The highest BCUT2D eigenvalue weighted by atomic mass is 32.1. The van der Waals surface area contributed by atoms with Gasteiger partial charge >= 0.3 is 0 Å². The van der Waals surface area contributed by atoms with Crippen LogP contribution in [-0.4, -0.2) is 31.4 Å². The molecule has 3 rings (SSSR count). The van der Waals surface area contributed by atoms with Crippen molar-refractivity contribution in [3.05, 3.63) is 59.1 Å². The third kappa shape index (κ3) is 4.68. The van der Waals surface area contributed by atoms with Gasteiger partial charge in [0.1, 0.15) is 12.4 Å². The van der Waals surface area contributed by atoms with Gasteiger partial charge in [-0.2, -0.15) is 0 Å². The lowest BCUT2D eigenvalue weighted by Crippen LogP contribution is -2.23. The average Bonchev–Trinajstić information content (AvgIpc) is 3.31. The smallest absolute Gasteiger partial charge is 0.273 e. The molecule has 0 fully saturated rings. The Balaban J connectivity index is 1.56. The lowest BCUT2D eigenvalue weighted by atomic mass is 10.2. The number of nitrogens with zero attached hydrogens (tertiary/aromatic N) is 1. The molecule has 3 aromatic rings. The number of methoxy groups -OCH3 is 1. The average molecular weight is 358 g/mol. The summed E-state index contributed by atoms with van der Waals surface area (Å²) in [6.45, 7) is 1.39. The largest absolute Gasteiger partial charge is 0.491 e. The van der Waals surface area contributed by atoms with E-state index in [2.05, 4.69) is 10.5 Å². The van der Waals surface area contributed by atoms with Gasteiger partial charge in [0.15, 0.2) is 11.5 Å². The van der Waals surface area contributed by atoms with Crippen LogP contribution in [0.3, 0.4) is 0 Å². The summed E-state index contributed by atoms with van der Waals surface area (Å²) in [5.41, 5.74) is 1.20. The number of thiophene rings is 1. The number of ether oxygens (including phenoxy) is 2. The normalized spacial score (nSPS) is 10.6. The first-order chi connectivity index (χ1) is 12.3. The van der Waals surface area contributed by atoms with Gasteiger partial charge in [-0.3, -0.25) is 4.79 Å². The number of hydrogen-bond donors (Lipinski definition) is 1. The zero-order valence-corrected chi connectivity index (χ0v) is 14.5. The Labute approximate surface area is 149 Å². The van der Waals surface area contributed by atoms with Gasteiger partial charge in [0.05, 0.1) is 11.5 Å². The first-order valence-corrected chi connectivity index (χ1v) is 8.63. The summed E-state index contributed by atoms with van der Waals surface area (Å²) in [7, 11) is 1.63. The van der Waals surface area contributed by atoms with Gasteiger partial charge < -0.3 is 19.3 Å². The maximum absolute atomic E-state index is 12.2. The molecule has 0 aliphatic rings. The van der Waals surface area contributed by atoms with Gasteiger partial charge in [-0.1, -0.05) is 23.4 Å². The molecule has 0 saturated heterocycles. The second-order valence-electron chi connectivity index (χ2n) is 5.23. The molecule has 1 aromatic carbocycles. The summed E-state index contributed by atoms with van der Waals surface area (Å²) >= 11 is 1.53. The van der Waals surface area contributed by atoms with Crippen molar-refractivity contribution in [1.29, 1.82) is 0 Å². The van der Waals surface area contributed by atoms with E-state index >= 15 is 0 Å².